The largest absolute Gasteiger partial charge is 0.313 e. The van der Waals surface area contributed by atoms with E-state index in [1.165, 1.54) is 6.92 Å². The van der Waals surface area contributed by atoms with Gasteiger partial charge < -0.3 is 0 Å². The Labute approximate surface area is 77.3 Å². The van der Waals surface area contributed by atoms with Gasteiger partial charge in [-0.15, -0.1) is 0 Å². The molecule has 0 heterocycles. The molecule has 0 aliphatic carbocycles. The molecule has 6 heteroatoms. The molecule has 3 nitrogen and oxygen atoms in total. The monoisotopic (exact) mass is 205 g/mol. The third-order valence-corrected chi connectivity index (χ3v) is 1.65. The van der Waals surface area contributed by atoms with Crippen molar-refractivity contribution in [2.24, 2.45) is 0 Å². The van der Waals surface area contributed by atoms with E-state index in [0.717, 1.165) is 12.1 Å². The fourth-order valence-corrected chi connectivity index (χ4v) is 1.12. The minimum absolute atomic E-state index is 0.225. The van der Waals surface area contributed by atoms with Gasteiger partial charge in [0.1, 0.15) is 0 Å². The first-order chi connectivity index (χ1) is 6.43. The van der Waals surface area contributed by atoms with E-state index in [9.17, 15) is 23.3 Å². The van der Waals surface area contributed by atoms with Crippen LogP contribution in [0.25, 0.3) is 0 Å². The van der Waals surface area contributed by atoms with Crippen LogP contribution < -0.4 is 0 Å². The number of alkyl halides is 2. The van der Waals surface area contributed by atoms with Crippen molar-refractivity contribution in [1.82, 2.24) is 0 Å². The molecule has 0 saturated heterocycles. The summed E-state index contributed by atoms with van der Waals surface area (Å²) in [6.45, 7) is 1.39. The zero-order valence-electron chi connectivity index (χ0n) is 7.13. The number of aryl methyl sites for hydroxylation is 1. The number of nitrogens with zero attached hydrogens (tertiary/aromatic N) is 1. The van der Waals surface area contributed by atoms with Crippen LogP contribution in [0.1, 0.15) is 17.6 Å². The molecule has 0 aromatic heterocycles. The predicted octanol–water partition coefficient (Wildman–Crippen LogP) is 2.98. The average Bonchev–Trinajstić information content (AvgIpc) is 2.01. The lowest BCUT2D eigenvalue weighted by molar-refractivity contribution is -0.389. The van der Waals surface area contributed by atoms with Crippen molar-refractivity contribution in [3.8, 4) is 0 Å². The van der Waals surface area contributed by atoms with Gasteiger partial charge in [0.15, 0.2) is 0 Å². The van der Waals surface area contributed by atoms with Crippen LogP contribution in [0.15, 0.2) is 12.1 Å². The summed E-state index contributed by atoms with van der Waals surface area (Å²) in [4.78, 5) is 9.15. The summed E-state index contributed by atoms with van der Waals surface area (Å²) in [6, 6.07) is 1.76. The van der Waals surface area contributed by atoms with Gasteiger partial charge in [-0.3, -0.25) is 10.1 Å². The van der Waals surface area contributed by atoms with Crippen molar-refractivity contribution < 1.29 is 18.1 Å². The Bertz CT molecular complexity index is 379. The Morgan fingerprint density at radius 1 is 1.43 bits per heavy atom. The maximum Gasteiger partial charge on any atom is 0.313 e. The molecule has 0 fully saturated rings. The standard InChI is InChI=1S/C8H6F3NO2/c1-4-2-5(8(10)11)7(12(13)14)6(9)3-4/h2-3,8H,1H3. The fraction of sp³-hybridized carbons (Fsp3) is 0.250. The number of nitro groups is 1. The topological polar surface area (TPSA) is 43.1 Å². The molecule has 0 spiro atoms. The molecule has 76 valence electrons. The van der Waals surface area contributed by atoms with Gasteiger partial charge in [0, 0.05) is 0 Å². The summed E-state index contributed by atoms with van der Waals surface area (Å²) in [5.74, 6) is -1.23. The zero-order chi connectivity index (χ0) is 10.9. The van der Waals surface area contributed by atoms with Gasteiger partial charge in [-0.05, 0) is 24.6 Å². The number of hydrogen-bond acceptors (Lipinski definition) is 2. The number of hydrogen-bond donors (Lipinski definition) is 0. The Hall–Kier alpha value is -1.59. The highest BCUT2D eigenvalue weighted by Gasteiger charge is 2.26. The highest BCUT2D eigenvalue weighted by Crippen LogP contribution is 2.31. The SMILES string of the molecule is Cc1cc(F)c([N+](=O)[O-])c(C(F)F)c1. The van der Waals surface area contributed by atoms with E-state index in [1.54, 1.807) is 0 Å². The van der Waals surface area contributed by atoms with Crippen molar-refractivity contribution in [1.29, 1.82) is 0 Å². The smallest absolute Gasteiger partial charge is 0.258 e. The van der Waals surface area contributed by atoms with E-state index < -0.39 is 28.4 Å². The first-order valence-corrected chi connectivity index (χ1v) is 3.66. The van der Waals surface area contributed by atoms with Crippen molar-refractivity contribution in [2.45, 2.75) is 13.3 Å². The molecule has 0 saturated carbocycles. The highest BCUT2D eigenvalue weighted by molar-refractivity contribution is 5.44. The van der Waals surface area contributed by atoms with E-state index in [2.05, 4.69) is 0 Å². The minimum atomic E-state index is -3.05. The molecule has 14 heavy (non-hydrogen) atoms. The van der Waals surface area contributed by atoms with Crippen LogP contribution in [-0.2, 0) is 0 Å². The van der Waals surface area contributed by atoms with Crippen molar-refractivity contribution in [3.63, 3.8) is 0 Å². The van der Waals surface area contributed by atoms with E-state index >= 15 is 0 Å². The molecule has 0 bridgehead atoms. The molecule has 0 N–H and O–H groups in total. The van der Waals surface area contributed by atoms with Crippen molar-refractivity contribution in [3.05, 3.63) is 39.2 Å². The van der Waals surface area contributed by atoms with E-state index in [1.807, 2.05) is 0 Å². The van der Waals surface area contributed by atoms with E-state index in [-0.39, 0.29) is 5.56 Å². The Morgan fingerprint density at radius 2 is 2.00 bits per heavy atom. The predicted molar refractivity (Wildman–Crippen MR) is 42.7 cm³/mol. The molecule has 0 radical (unpaired) electrons. The molecule has 0 atom stereocenters. The summed E-state index contributed by atoms with van der Waals surface area (Å²) in [6.07, 6.45) is -3.05. The Kier molecular flexibility index (Phi) is 2.73. The molecule has 0 aliphatic heterocycles. The van der Waals surface area contributed by atoms with Gasteiger partial charge in [0.2, 0.25) is 5.82 Å². The molecular weight excluding hydrogens is 199 g/mol. The minimum Gasteiger partial charge on any atom is -0.258 e. The number of benzene rings is 1. The maximum atomic E-state index is 12.9. The van der Waals surface area contributed by atoms with Gasteiger partial charge in [-0.25, -0.2) is 8.78 Å². The van der Waals surface area contributed by atoms with Gasteiger partial charge in [0.25, 0.3) is 6.43 Å². The molecule has 1 aromatic carbocycles. The molecule has 0 aliphatic rings. The van der Waals surface area contributed by atoms with E-state index in [4.69, 9.17) is 0 Å². The van der Waals surface area contributed by atoms with Gasteiger partial charge in [0.05, 0.1) is 10.5 Å². The van der Waals surface area contributed by atoms with Crippen LogP contribution in [0.5, 0.6) is 0 Å². The number of halogens is 3. The third kappa shape index (κ3) is 1.84. The quantitative estimate of drug-likeness (QED) is 0.550. The van der Waals surface area contributed by atoms with Crippen molar-refractivity contribution >= 4 is 5.69 Å². The second kappa shape index (κ2) is 3.65. The average molecular weight is 205 g/mol. The van der Waals surface area contributed by atoms with Gasteiger partial charge in [-0.1, -0.05) is 0 Å². The molecular formula is C8H6F3NO2. The van der Waals surface area contributed by atoms with Crippen LogP contribution in [-0.4, -0.2) is 4.92 Å². The van der Waals surface area contributed by atoms with Crippen LogP contribution in [0.2, 0.25) is 0 Å². The summed E-state index contributed by atoms with van der Waals surface area (Å²) >= 11 is 0. The first-order valence-electron chi connectivity index (χ1n) is 3.66. The summed E-state index contributed by atoms with van der Waals surface area (Å²) in [5.41, 5.74) is -1.80. The summed E-state index contributed by atoms with van der Waals surface area (Å²) in [7, 11) is 0. The second-order valence-corrected chi connectivity index (χ2v) is 2.74. The number of rotatable bonds is 2. The Morgan fingerprint density at radius 3 is 2.43 bits per heavy atom. The van der Waals surface area contributed by atoms with Crippen LogP contribution >= 0.6 is 0 Å². The van der Waals surface area contributed by atoms with E-state index in [0.29, 0.717) is 0 Å². The summed E-state index contributed by atoms with van der Waals surface area (Å²) in [5, 5.41) is 10.3. The maximum absolute atomic E-state index is 12.9. The highest BCUT2D eigenvalue weighted by atomic mass is 19.3. The molecule has 1 rings (SSSR count). The van der Waals surface area contributed by atoms with Crippen LogP contribution in [0.3, 0.4) is 0 Å². The third-order valence-electron chi connectivity index (χ3n) is 1.65. The molecule has 0 unspecified atom stereocenters. The second-order valence-electron chi connectivity index (χ2n) is 2.74. The molecule has 1 aromatic rings. The lowest BCUT2D eigenvalue weighted by Crippen LogP contribution is -2.00. The fourth-order valence-electron chi connectivity index (χ4n) is 1.12. The van der Waals surface area contributed by atoms with Gasteiger partial charge >= 0.3 is 5.69 Å². The Balaban J connectivity index is 3.44. The lowest BCUT2D eigenvalue weighted by atomic mass is 10.1. The first kappa shape index (κ1) is 10.5. The van der Waals surface area contributed by atoms with Gasteiger partial charge in [-0.2, -0.15) is 4.39 Å². The van der Waals surface area contributed by atoms with Crippen molar-refractivity contribution in [2.75, 3.05) is 0 Å². The summed E-state index contributed by atoms with van der Waals surface area (Å²) < 4.78 is 37.5. The lowest BCUT2D eigenvalue weighted by Gasteiger charge is -2.03. The normalized spacial score (nSPS) is 10.6. The zero-order valence-corrected chi connectivity index (χ0v) is 7.13. The van der Waals surface area contributed by atoms with Crippen LogP contribution in [0, 0.1) is 22.9 Å². The molecule has 0 amide bonds. The van der Waals surface area contributed by atoms with Crippen LogP contribution in [0.4, 0.5) is 18.9 Å². The number of nitro benzene ring substituents is 1.